The van der Waals surface area contributed by atoms with E-state index >= 15 is 0 Å². The molecule has 40 heavy (non-hydrogen) atoms. The van der Waals surface area contributed by atoms with Crippen LogP contribution in [0, 0.1) is 13.8 Å². The molecule has 0 saturated carbocycles. The van der Waals surface area contributed by atoms with Crippen LogP contribution in [0.15, 0.2) is 91.0 Å². The number of hydrogen-bond donors (Lipinski definition) is 1. The summed E-state index contributed by atoms with van der Waals surface area (Å²) in [4.78, 5) is 35.0. The van der Waals surface area contributed by atoms with Crippen molar-refractivity contribution in [1.29, 1.82) is 0 Å². The molecule has 5 aromatic rings. The van der Waals surface area contributed by atoms with Crippen molar-refractivity contribution in [1.82, 2.24) is 9.97 Å². The summed E-state index contributed by atoms with van der Waals surface area (Å²) in [6, 6.07) is 28.3. The summed E-state index contributed by atoms with van der Waals surface area (Å²) in [6.07, 6.45) is 0. The van der Waals surface area contributed by atoms with Crippen molar-refractivity contribution < 1.29 is 19.1 Å². The van der Waals surface area contributed by atoms with Gasteiger partial charge in [-0.25, -0.2) is 14.8 Å². The molecule has 0 aliphatic heterocycles. The zero-order valence-corrected chi connectivity index (χ0v) is 22.6. The Kier molecular flexibility index (Phi) is 7.82. The lowest BCUT2D eigenvalue weighted by molar-refractivity contribution is -0.119. The molecule has 0 radical (unpaired) electrons. The molecule has 1 amide bonds. The number of aryl methyl sites for hydroxylation is 2. The van der Waals surface area contributed by atoms with Gasteiger partial charge in [-0.05, 0) is 63.2 Å². The van der Waals surface area contributed by atoms with Gasteiger partial charge in [0.1, 0.15) is 5.75 Å². The summed E-state index contributed by atoms with van der Waals surface area (Å²) in [5.74, 6) is -0.351. The summed E-state index contributed by atoms with van der Waals surface area (Å²) in [5, 5.41) is 2.71. The molecule has 0 atom stereocenters. The number of hydrogen-bond acceptors (Lipinski definition) is 6. The third-order valence-electron chi connectivity index (χ3n) is 6.33. The molecule has 0 spiro atoms. The third kappa shape index (κ3) is 6.15. The zero-order chi connectivity index (χ0) is 28.1. The molecular weight excluding hydrogens is 502 g/mol. The van der Waals surface area contributed by atoms with Crippen molar-refractivity contribution in [2.45, 2.75) is 20.8 Å². The Bertz CT molecular complexity index is 1660. The second-order valence-electron chi connectivity index (χ2n) is 9.44. The molecule has 5 rings (SSSR count). The average molecular weight is 532 g/mol. The van der Waals surface area contributed by atoms with Crippen LogP contribution >= 0.6 is 0 Å². The standard InChI is InChI=1S/C33H29N3O4/c1-4-39-27-16-14-26(15-17-27)34-30(37)20-40-33(38)25-13-18-28-29(19-25)36-32(24-11-7-22(3)8-12-24)31(35-28)23-9-5-21(2)6-10-23/h5-19H,4,20H2,1-3H3,(H,34,37). The third-order valence-corrected chi connectivity index (χ3v) is 6.33. The Balaban J connectivity index is 1.37. The summed E-state index contributed by atoms with van der Waals surface area (Å²) < 4.78 is 10.7. The number of carbonyl (C=O) groups is 2. The lowest BCUT2D eigenvalue weighted by Gasteiger charge is -2.12. The van der Waals surface area contributed by atoms with Gasteiger partial charge >= 0.3 is 5.97 Å². The first-order valence-corrected chi connectivity index (χ1v) is 13.1. The van der Waals surface area contributed by atoms with Crippen LogP contribution < -0.4 is 10.1 Å². The summed E-state index contributed by atoms with van der Waals surface area (Å²) >= 11 is 0. The highest BCUT2D eigenvalue weighted by Gasteiger charge is 2.16. The Hall–Kier alpha value is -5.04. The number of rotatable bonds is 8. The molecule has 0 saturated heterocycles. The number of nitrogens with one attached hydrogen (secondary N) is 1. The van der Waals surface area contributed by atoms with Gasteiger partial charge in [-0.2, -0.15) is 0 Å². The molecular formula is C33H29N3O4. The minimum atomic E-state index is -0.620. The van der Waals surface area contributed by atoms with Gasteiger partial charge in [-0.3, -0.25) is 4.79 Å². The van der Waals surface area contributed by atoms with E-state index in [0.29, 0.717) is 29.1 Å². The molecule has 1 aromatic heterocycles. The van der Waals surface area contributed by atoms with Crippen LogP contribution in [0.1, 0.15) is 28.4 Å². The molecule has 7 heteroatoms. The van der Waals surface area contributed by atoms with E-state index < -0.39 is 18.5 Å². The molecule has 1 N–H and O–H groups in total. The number of nitrogens with zero attached hydrogens (tertiary/aromatic N) is 2. The van der Waals surface area contributed by atoms with Crippen molar-refractivity contribution in [3.63, 3.8) is 0 Å². The number of ether oxygens (including phenoxy) is 2. The minimum absolute atomic E-state index is 0.286. The Labute approximate surface area is 232 Å². The van der Waals surface area contributed by atoms with E-state index in [1.165, 1.54) is 0 Å². The van der Waals surface area contributed by atoms with Crippen LogP contribution in [-0.2, 0) is 9.53 Å². The van der Waals surface area contributed by atoms with Crippen molar-refractivity contribution in [3.8, 4) is 28.3 Å². The molecule has 0 aliphatic rings. The van der Waals surface area contributed by atoms with E-state index in [0.717, 1.165) is 33.6 Å². The molecule has 7 nitrogen and oxygen atoms in total. The lowest BCUT2D eigenvalue weighted by Crippen LogP contribution is -2.20. The number of carbonyl (C=O) groups excluding carboxylic acids is 2. The fourth-order valence-electron chi connectivity index (χ4n) is 4.22. The van der Waals surface area contributed by atoms with Gasteiger partial charge in [0.25, 0.3) is 5.91 Å². The van der Waals surface area contributed by atoms with Gasteiger partial charge < -0.3 is 14.8 Å². The van der Waals surface area contributed by atoms with E-state index in [4.69, 9.17) is 19.4 Å². The molecule has 1 heterocycles. The second-order valence-corrected chi connectivity index (χ2v) is 9.44. The summed E-state index contributed by atoms with van der Waals surface area (Å²) in [7, 11) is 0. The fourth-order valence-corrected chi connectivity index (χ4v) is 4.22. The average Bonchev–Trinajstić information content (AvgIpc) is 2.97. The van der Waals surface area contributed by atoms with E-state index in [1.54, 1.807) is 42.5 Å². The van der Waals surface area contributed by atoms with E-state index in [1.807, 2.05) is 69.3 Å². The molecule has 0 bridgehead atoms. The SMILES string of the molecule is CCOc1ccc(NC(=O)COC(=O)c2ccc3nc(-c4ccc(C)cc4)c(-c4ccc(C)cc4)nc3c2)cc1. The van der Waals surface area contributed by atoms with Crippen LogP contribution in [-0.4, -0.2) is 35.1 Å². The Morgan fingerprint density at radius 3 is 1.88 bits per heavy atom. The van der Waals surface area contributed by atoms with Crippen molar-refractivity contribution >= 4 is 28.6 Å². The van der Waals surface area contributed by atoms with Gasteiger partial charge in [-0.15, -0.1) is 0 Å². The predicted octanol–water partition coefficient (Wildman–Crippen LogP) is 6.77. The molecule has 4 aromatic carbocycles. The molecule has 0 fully saturated rings. The van der Waals surface area contributed by atoms with E-state index in [-0.39, 0.29) is 5.56 Å². The van der Waals surface area contributed by atoms with Crippen LogP contribution in [0.2, 0.25) is 0 Å². The highest BCUT2D eigenvalue weighted by Crippen LogP contribution is 2.31. The molecule has 0 aliphatic carbocycles. The highest BCUT2D eigenvalue weighted by atomic mass is 16.5. The van der Waals surface area contributed by atoms with Gasteiger partial charge in [0.05, 0.1) is 34.6 Å². The van der Waals surface area contributed by atoms with E-state index in [2.05, 4.69) is 5.32 Å². The first-order valence-electron chi connectivity index (χ1n) is 13.1. The summed E-state index contributed by atoms with van der Waals surface area (Å²) in [5.41, 5.74) is 7.74. The second kappa shape index (κ2) is 11.8. The smallest absolute Gasteiger partial charge is 0.338 e. The first-order chi connectivity index (χ1) is 19.4. The van der Waals surface area contributed by atoms with Crippen LogP contribution in [0.25, 0.3) is 33.5 Å². The molecule has 0 unspecified atom stereocenters. The fraction of sp³-hybridized carbons (Fsp3) is 0.152. The number of esters is 1. The van der Waals surface area contributed by atoms with E-state index in [9.17, 15) is 9.59 Å². The van der Waals surface area contributed by atoms with Crippen LogP contribution in [0.3, 0.4) is 0 Å². The number of fused-ring (bicyclic) bond motifs is 1. The minimum Gasteiger partial charge on any atom is -0.494 e. The Morgan fingerprint density at radius 1 is 0.725 bits per heavy atom. The predicted molar refractivity (Wildman–Crippen MR) is 156 cm³/mol. The zero-order valence-electron chi connectivity index (χ0n) is 22.6. The maximum absolute atomic E-state index is 12.8. The quantitative estimate of drug-likeness (QED) is 0.222. The maximum atomic E-state index is 12.8. The van der Waals surface area contributed by atoms with Crippen molar-refractivity contribution in [2.24, 2.45) is 0 Å². The van der Waals surface area contributed by atoms with Crippen molar-refractivity contribution in [3.05, 3.63) is 108 Å². The van der Waals surface area contributed by atoms with Crippen LogP contribution in [0.4, 0.5) is 5.69 Å². The molecule has 200 valence electrons. The first kappa shape index (κ1) is 26.6. The van der Waals surface area contributed by atoms with Gasteiger partial charge in [0, 0.05) is 16.8 Å². The topological polar surface area (TPSA) is 90.4 Å². The number of benzene rings is 4. The number of aromatic nitrogens is 2. The monoisotopic (exact) mass is 531 g/mol. The highest BCUT2D eigenvalue weighted by molar-refractivity contribution is 5.97. The van der Waals surface area contributed by atoms with Crippen LogP contribution in [0.5, 0.6) is 5.75 Å². The van der Waals surface area contributed by atoms with Gasteiger partial charge in [0.15, 0.2) is 6.61 Å². The maximum Gasteiger partial charge on any atom is 0.338 e. The Morgan fingerprint density at radius 2 is 1.30 bits per heavy atom. The normalized spacial score (nSPS) is 10.8. The number of amides is 1. The van der Waals surface area contributed by atoms with Gasteiger partial charge in [-0.1, -0.05) is 59.7 Å². The largest absolute Gasteiger partial charge is 0.494 e. The number of anilines is 1. The van der Waals surface area contributed by atoms with Gasteiger partial charge in [0.2, 0.25) is 0 Å². The lowest BCUT2D eigenvalue weighted by atomic mass is 10.0. The summed E-state index contributed by atoms with van der Waals surface area (Å²) in [6.45, 7) is 6.12. The van der Waals surface area contributed by atoms with Crippen molar-refractivity contribution in [2.75, 3.05) is 18.5 Å².